The van der Waals surface area contributed by atoms with Crippen molar-refractivity contribution in [2.24, 2.45) is 5.92 Å². The van der Waals surface area contributed by atoms with Crippen molar-refractivity contribution in [3.05, 3.63) is 105 Å². The summed E-state index contributed by atoms with van der Waals surface area (Å²) in [6.07, 6.45) is 0.427. The van der Waals surface area contributed by atoms with E-state index >= 15 is 0 Å². The number of ketones is 1. The summed E-state index contributed by atoms with van der Waals surface area (Å²) in [5.41, 5.74) is 3.26. The van der Waals surface area contributed by atoms with Crippen LogP contribution in [0.1, 0.15) is 32.0 Å². The fourth-order valence-corrected chi connectivity index (χ4v) is 5.10. The molecule has 0 N–H and O–H groups in total. The van der Waals surface area contributed by atoms with Crippen molar-refractivity contribution in [1.82, 2.24) is 4.57 Å². The van der Waals surface area contributed by atoms with Gasteiger partial charge in [0.25, 0.3) is 11.6 Å². The van der Waals surface area contributed by atoms with Gasteiger partial charge >= 0.3 is 0 Å². The Balaban J connectivity index is 1.48. The lowest BCUT2D eigenvalue weighted by Gasteiger charge is -2.36. The zero-order chi connectivity index (χ0) is 22.7. The third kappa shape index (κ3) is 2.89. The van der Waals surface area contributed by atoms with Crippen LogP contribution in [0, 0.1) is 16.0 Å². The number of nitrogens with zero attached hydrogens (tertiary/aromatic N) is 2. The largest absolute Gasteiger partial charge is 0.489 e. The number of ether oxygens (including phenoxy) is 1. The van der Waals surface area contributed by atoms with E-state index in [0.717, 1.165) is 22.2 Å². The molecule has 0 amide bonds. The maximum absolute atomic E-state index is 13.5. The minimum absolute atomic E-state index is 0.144. The molecule has 2 atom stereocenters. The van der Waals surface area contributed by atoms with Crippen LogP contribution in [0.5, 0.6) is 5.75 Å². The van der Waals surface area contributed by atoms with Gasteiger partial charge in [0.1, 0.15) is 11.9 Å². The number of nitro benzene ring substituents is 1. The monoisotopic (exact) mass is 438 g/mol. The summed E-state index contributed by atoms with van der Waals surface area (Å²) in [6, 6.07) is 20.9. The van der Waals surface area contributed by atoms with Gasteiger partial charge in [-0.05, 0) is 29.8 Å². The highest BCUT2D eigenvalue weighted by molar-refractivity contribution is 6.06. The van der Waals surface area contributed by atoms with Crippen LogP contribution >= 0.6 is 0 Å². The number of nitro groups is 1. The number of para-hydroxylation sites is 1. The van der Waals surface area contributed by atoms with E-state index in [1.165, 1.54) is 18.2 Å². The molecule has 6 rings (SSSR count). The van der Waals surface area contributed by atoms with Crippen LogP contribution in [-0.4, -0.2) is 27.3 Å². The number of rotatable bonds is 2. The topological polar surface area (TPSA) is 91.4 Å². The molecule has 7 heteroatoms. The first-order valence-corrected chi connectivity index (χ1v) is 10.7. The van der Waals surface area contributed by atoms with Gasteiger partial charge in [-0.1, -0.05) is 36.4 Å². The van der Waals surface area contributed by atoms with Gasteiger partial charge in [0.2, 0.25) is 0 Å². The molecule has 0 spiro atoms. The highest BCUT2D eigenvalue weighted by Crippen LogP contribution is 2.42. The third-order valence-electron chi connectivity index (χ3n) is 6.63. The molecule has 0 radical (unpaired) electrons. The average molecular weight is 438 g/mol. The Bertz CT molecular complexity index is 1470. The minimum Gasteiger partial charge on any atom is -0.489 e. The molecule has 162 valence electrons. The lowest BCUT2D eigenvalue weighted by Crippen LogP contribution is -2.43. The quantitative estimate of drug-likeness (QED) is 0.337. The highest BCUT2D eigenvalue weighted by Gasteiger charge is 2.43. The summed E-state index contributed by atoms with van der Waals surface area (Å²) in [7, 11) is 0. The van der Waals surface area contributed by atoms with Crippen LogP contribution in [0.15, 0.2) is 72.8 Å². The summed E-state index contributed by atoms with van der Waals surface area (Å²) >= 11 is 0. The predicted octanol–water partition coefficient (Wildman–Crippen LogP) is 4.60. The molecular weight excluding hydrogens is 420 g/mol. The third-order valence-corrected chi connectivity index (χ3v) is 6.63. The van der Waals surface area contributed by atoms with Crippen molar-refractivity contribution in [2.75, 3.05) is 0 Å². The van der Waals surface area contributed by atoms with Crippen molar-refractivity contribution in [1.29, 1.82) is 0 Å². The Morgan fingerprint density at radius 2 is 1.76 bits per heavy atom. The van der Waals surface area contributed by atoms with Gasteiger partial charge in [0.05, 0.1) is 21.9 Å². The summed E-state index contributed by atoms with van der Waals surface area (Å²) in [4.78, 5) is 37.6. The van der Waals surface area contributed by atoms with Gasteiger partial charge < -0.3 is 4.74 Å². The lowest BCUT2D eigenvalue weighted by atomic mass is 9.78. The van der Waals surface area contributed by atoms with Crippen LogP contribution in [0.2, 0.25) is 0 Å². The fourth-order valence-electron chi connectivity index (χ4n) is 5.10. The van der Waals surface area contributed by atoms with E-state index in [0.29, 0.717) is 24.2 Å². The van der Waals surface area contributed by atoms with Crippen LogP contribution in [0.3, 0.4) is 0 Å². The second-order valence-electron chi connectivity index (χ2n) is 8.42. The second-order valence-corrected chi connectivity index (χ2v) is 8.42. The van der Waals surface area contributed by atoms with E-state index in [-0.39, 0.29) is 29.0 Å². The molecule has 1 aromatic heterocycles. The molecular formula is C26H18N2O5. The van der Waals surface area contributed by atoms with Crippen molar-refractivity contribution in [2.45, 2.75) is 18.9 Å². The van der Waals surface area contributed by atoms with E-state index < -0.39 is 10.8 Å². The minimum atomic E-state index is -0.519. The van der Waals surface area contributed by atoms with Gasteiger partial charge in [-0.25, -0.2) is 0 Å². The Hall–Kier alpha value is -4.26. The average Bonchev–Trinajstić information content (AvgIpc) is 3.16. The van der Waals surface area contributed by atoms with Crippen molar-refractivity contribution >= 4 is 28.3 Å². The maximum atomic E-state index is 13.5. The van der Waals surface area contributed by atoms with Gasteiger partial charge in [0, 0.05) is 41.6 Å². The van der Waals surface area contributed by atoms with E-state index in [1.54, 1.807) is 16.7 Å². The maximum Gasteiger partial charge on any atom is 0.270 e. The van der Waals surface area contributed by atoms with Crippen LogP contribution in [0.4, 0.5) is 5.69 Å². The molecule has 33 heavy (non-hydrogen) atoms. The zero-order valence-electron chi connectivity index (χ0n) is 17.4. The van der Waals surface area contributed by atoms with E-state index in [4.69, 9.17) is 4.74 Å². The Labute approximate surface area is 188 Å². The SMILES string of the molecule is O=C1c2cc([N+](=O)[O-])ccc2O[C@H]2Cc3c(n(C(=O)c4ccccc4)c4ccccc34)C[C@@H]12. The number of benzene rings is 3. The molecule has 0 unspecified atom stereocenters. The number of hydrogen-bond acceptors (Lipinski definition) is 5. The van der Waals surface area contributed by atoms with Crippen molar-refractivity contribution in [3.63, 3.8) is 0 Å². The first kappa shape index (κ1) is 19.4. The van der Waals surface area contributed by atoms with Gasteiger partial charge in [-0.3, -0.25) is 24.3 Å². The number of non-ortho nitro benzene ring substituents is 1. The molecule has 7 nitrogen and oxygen atoms in total. The number of carbonyl (C=O) groups excluding carboxylic acids is 2. The first-order valence-electron chi connectivity index (χ1n) is 10.7. The molecule has 3 aromatic carbocycles. The molecule has 0 saturated carbocycles. The predicted molar refractivity (Wildman–Crippen MR) is 121 cm³/mol. The molecule has 2 heterocycles. The number of fused-ring (bicyclic) bond motifs is 5. The zero-order valence-corrected chi connectivity index (χ0v) is 17.4. The molecule has 1 aliphatic heterocycles. The second kappa shape index (κ2) is 7.13. The van der Waals surface area contributed by atoms with E-state index in [9.17, 15) is 19.7 Å². The van der Waals surface area contributed by atoms with Gasteiger partial charge in [0.15, 0.2) is 5.78 Å². The van der Waals surface area contributed by atoms with Crippen LogP contribution in [0.25, 0.3) is 10.9 Å². The molecule has 0 bridgehead atoms. The molecule has 2 aliphatic rings. The Morgan fingerprint density at radius 1 is 1.00 bits per heavy atom. The summed E-state index contributed by atoms with van der Waals surface area (Å²) in [5.74, 6) is -0.468. The normalized spacial score (nSPS) is 18.7. The Kier molecular flexibility index (Phi) is 4.20. The van der Waals surface area contributed by atoms with E-state index in [1.807, 2.05) is 42.5 Å². The summed E-state index contributed by atoms with van der Waals surface area (Å²) in [6.45, 7) is 0. The van der Waals surface area contributed by atoms with Crippen molar-refractivity contribution < 1.29 is 19.2 Å². The number of hydrogen-bond donors (Lipinski definition) is 0. The summed E-state index contributed by atoms with van der Waals surface area (Å²) < 4.78 is 7.88. The standard InChI is InChI=1S/C26H18N2O5/c29-25-19-12-16(28(31)32)10-11-23(19)33-24-14-18-17-8-4-5-9-21(17)27(22(18)13-20(24)25)26(30)15-6-2-1-3-7-15/h1-12,20,24H,13-14H2/t20-,24+/m1/s1. The first-order chi connectivity index (χ1) is 16.0. The Morgan fingerprint density at radius 3 is 2.55 bits per heavy atom. The van der Waals surface area contributed by atoms with Gasteiger partial charge in [-0.15, -0.1) is 0 Å². The summed E-state index contributed by atoms with van der Waals surface area (Å²) in [5, 5.41) is 12.2. The number of carbonyl (C=O) groups is 2. The van der Waals surface area contributed by atoms with Gasteiger partial charge in [-0.2, -0.15) is 0 Å². The van der Waals surface area contributed by atoms with Crippen LogP contribution in [-0.2, 0) is 12.8 Å². The fraction of sp³-hybridized carbons (Fsp3) is 0.154. The van der Waals surface area contributed by atoms with E-state index in [2.05, 4.69) is 0 Å². The van der Waals surface area contributed by atoms with Crippen molar-refractivity contribution in [3.8, 4) is 5.75 Å². The molecule has 4 aromatic rings. The molecule has 0 saturated heterocycles. The molecule has 0 fully saturated rings. The highest BCUT2D eigenvalue weighted by atomic mass is 16.6. The number of Topliss-reactive ketones (excluding diaryl/α,β-unsaturated/α-hetero) is 1. The number of aromatic nitrogens is 1. The molecule has 1 aliphatic carbocycles. The van der Waals surface area contributed by atoms with Crippen LogP contribution < -0.4 is 4.74 Å². The smallest absolute Gasteiger partial charge is 0.270 e. The lowest BCUT2D eigenvalue weighted by molar-refractivity contribution is -0.384.